The highest BCUT2D eigenvalue weighted by molar-refractivity contribution is 6.30. The van der Waals surface area contributed by atoms with E-state index < -0.39 is 5.82 Å². The van der Waals surface area contributed by atoms with Crippen LogP contribution in [0.4, 0.5) is 10.2 Å². The molecule has 1 rings (SSSR count). The third kappa shape index (κ3) is 3.54. The summed E-state index contributed by atoms with van der Waals surface area (Å²) < 4.78 is 13.5. The van der Waals surface area contributed by atoms with Gasteiger partial charge in [0.25, 0.3) is 0 Å². The van der Waals surface area contributed by atoms with Crippen molar-refractivity contribution in [2.24, 2.45) is 11.1 Å². The number of anilines is 1. The number of nitrogens with two attached hydrogens (primary N) is 1. The summed E-state index contributed by atoms with van der Waals surface area (Å²) in [6, 6.07) is 1.25. The van der Waals surface area contributed by atoms with Crippen LogP contribution in [0.25, 0.3) is 0 Å². The number of hydrogen-bond acceptors (Lipinski definition) is 3. The van der Waals surface area contributed by atoms with Crippen LogP contribution in [0, 0.1) is 11.2 Å². The lowest BCUT2D eigenvalue weighted by Crippen LogP contribution is -2.36. The maximum atomic E-state index is 13.5. The molecule has 0 unspecified atom stereocenters. The number of aromatic nitrogens is 1. The van der Waals surface area contributed by atoms with Crippen LogP contribution in [0.5, 0.6) is 0 Å². The summed E-state index contributed by atoms with van der Waals surface area (Å²) in [5.41, 5.74) is 5.77. The Hall–Kier alpha value is -0.870. The van der Waals surface area contributed by atoms with E-state index in [-0.39, 0.29) is 11.2 Å². The molecule has 17 heavy (non-hydrogen) atoms. The Morgan fingerprint density at radius 2 is 2.12 bits per heavy atom. The first kappa shape index (κ1) is 14.2. The Bertz CT molecular complexity index is 359. The average molecular weight is 260 g/mol. The largest absolute Gasteiger partial charge is 0.367 e. The molecule has 0 atom stereocenters. The topological polar surface area (TPSA) is 50.9 Å². The van der Waals surface area contributed by atoms with Gasteiger partial charge >= 0.3 is 0 Å². The highest BCUT2D eigenvalue weighted by atomic mass is 35.5. The minimum Gasteiger partial charge on any atom is -0.367 e. The fraction of sp³-hybridized carbons (Fsp3) is 0.583. The van der Waals surface area contributed by atoms with Crippen molar-refractivity contribution in [3.63, 3.8) is 0 Å². The zero-order valence-corrected chi connectivity index (χ0v) is 11.0. The van der Waals surface area contributed by atoms with E-state index in [9.17, 15) is 4.39 Å². The Morgan fingerprint density at radius 1 is 1.47 bits per heavy atom. The first-order valence-electron chi connectivity index (χ1n) is 5.82. The molecular formula is C12H19ClFN3. The predicted octanol–water partition coefficient (Wildman–Crippen LogP) is 3.05. The van der Waals surface area contributed by atoms with Gasteiger partial charge in [-0.3, -0.25) is 0 Å². The molecule has 0 aliphatic rings. The predicted molar refractivity (Wildman–Crippen MR) is 69.8 cm³/mol. The molecule has 0 radical (unpaired) electrons. The summed E-state index contributed by atoms with van der Waals surface area (Å²) in [5, 5.41) is 3.30. The maximum absolute atomic E-state index is 13.5. The first-order chi connectivity index (χ1) is 8.06. The van der Waals surface area contributed by atoms with Gasteiger partial charge in [-0.25, -0.2) is 9.37 Å². The molecule has 3 N–H and O–H groups in total. The average Bonchev–Trinajstić information content (AvgIpc) is 2.33. The SMILES string of the molecule is CCC(CC)(CN)CNc1ncc(Cl)cc1F. The fourth-order valence-electron chi connectivity index (χ4n) is 1.68. The minimum absolute atomic E-state index is 0.00619. The molecule has 0 spiro atoms. The molecule has 1 aromatic heterocycles. The van der Waals surface area contributed by atoms with Crippen molar-refractivity contribution in [2.75, 3.05) is 18.4 Å². The highest BCUT2D eigenvalue weighted by Gasteiger charge is 2.24. The summed E-state index contributed by atoms with van der Waals surface area (Å²) in [6.07, 6.45) is 3.32. The normalized spacial score (nSPS) is 11.6. The minimum atomic E-state index is -0.435. The number of rotatable bonds is 6. The Kier molecular flexibility index (Phi) is 5.15. The Balaban J connectivity index is 2.72. The van der Waals surface area contributed by atoms with Gasteiger partial charge in [-0.15, -0.1) is 0 Å². The molecule has 0 aliphatic carbocycles. The third-order valence-electron chi connectivity index (χ3n) is 3.37. The van der Waals surface area contributed by atoms with Gasteiger partial charge in [0, 0.05) is 12.7 Å². The lowest BCUT2D eigenvalue weighted by molar-refractivity contribution is 0.294. The van der Waals surface area contributed by atoms with E-state index >= 15 is 0 Å². The number of hydrogen-bond donors (Lipinski definition) is 2. The smallest absolute Gasteiger partial charge is 0.166 e. The Morgan fingerprint density at radius 3 is 2.59 bits per heavy atom. The zero-order valence-electron chi connectivity index (χ0n) is 10.3. The summed E-state index contributed by atoms with van der Waals surface area (Å²) in [7, 11) is 0. The van der Waals surface area contributed by atoms with Gasteiger partial charge in [0.1, 0.15) is 0 Å². The van der Waals surface area contributed by atoms with Crippen molar-refractivity contribution in [1.82, 2.24) is 4.98 Å². The van der Waals surface area contributed by atoms with Crippen molar-refractivity contribution in [3.8, 4) is 0 Å². The van der Waals surface area contributed by atoms with E-state index in [1.807, 2.05) is 0 Å². The van der Waals surface area contributed by atoms with E-state index in [4.69, 9.17) is 17.3 Å². The van der Waals surface area contributed by atoms with Crippen LogP contribution in [0.15, 0.2) is 12.3 Å². The van der Waals surface area contributed by atoms with E-state index in [1.165, 1.54) is 12.3 Å². The summed E-state index contributed by atoms with van der Waals surface area (Å²) in [6.45, 7) is 5.36. The molecule has 0 amide bonds. The van der Waals surface area contributed by atoms with Gasteiger partial charge in [0.05, 0.1) is 5.02 Å². The highest BCUT2D eigenvalue weighted by Crippen LogP contribution is 2.26. The first-order valence-corrected chi connectivity index (χ1v) is 6.19. The monoisotopic (exact) mass is 259 g/mol. The third-order valence-corrected chi connectivity index (χ3v) is 3.58. The molecule has 0 aromatic carbocycles. The second-order valence-corrected chi connectivity index (χ2v) is 4.69. The molecule has 0 fully saturated rings. The van der Waals surface area contributed by atoms with Crippen LogP contribution in [0.2, 0.25) is 5.02 Å². The number of nitrogens with one attached hydrogen (secondary N) is 1. The van der Waals surface area contributed by atoms with Gasteiger partial charge in [0.2, 0.25) is 0 Å². The number of nitrogens with zero attached hydrogens (tertiary/aromatic N) is 1. The van der Waals surface area contributed by atoms with Crippen LogP contribution in [-0.4, -0.2) is 18.1 Å². The van der Waals surface area contributed by atoms with Gasteiger partial charge in [0.15, 0.2) is 11.6 Å². The van der Waals surface area contributed by atoms with Gasteiger partial charge < -0.3 is 11.1 Å². The van der Waals surface area contributed by atoms with Gasteiger partial charge in [-0.1, -0.05) is 25.4 Å². The second-order valence-electron chi connectivity index (χ2n) is 4.25. The molecule has 96 valence electrons. The lowest BCUT2D eigenvalue weighted by Gasteiger charge is -2.30. The molecule has 0 aliphatic heterocycles. The number of halogens is 2. The van der Waals surface area contributed by atoms with Crippen LogP contribution >= 0.6 is 11.6 Å². The van der Waals surface area contributed by atoms with Crippen molar-refractivity contribution >= 4 is 17.4 Å². The molecule has 0 bridgehead atoms. The van der Waals surface area contributed by atoms with Crippen LogP contribution < -0.4 is 11.1 Å². The summed E-state index contributed by atoms with van der Waals surface area (Å²) in [4.78, 5) is 3.92. The molecule has 0 saturated heterocycles. The van der Waals surface area contributed by atoms with E-state index in [0.717, 1.165) is 12.8 Å². The van der Waals surface area contributed by atoms with Crippen molar-refractivity contribution in [3.05, 3.63) is 23.1 Å². The Labute approximate surface area is 107 Å². The molecule has 5 heteroatoms. The van der Waals surface area contributed by atoms with Gasteiger partial charge in [-0.05, 0) is 30.9 Å². The van der Waals surface area contributed by atoms with Crippen molar-refractivity contribution < 1.29 is 4.39 Å². The van der Waals surface area contributed by atoms with Crippen LogP contribution in [0.3, 0.4) is 0 Å². The number of pyridine rings is 1. The maximum Gasteiger partial charge on any atom is 0.166 e. The quantitative estimate of drug-likeness (QED) is 0.826. The molecule has 1 heterocycles. The van der Waals surface area contributed by atoms with E-state index in [1.54, 1.807) is 0 Å². The summed E-state index contributed by atoms with van der Waals surface area (Å²) >= 11 is 5.64. The van der Waals surface area contributed by atoms with Crippen LogP contribution in [-0.2, 0) is 0 Å². The molecule has 0 saturated carbocycles. The summed E-state index contributed by atoms with van der Waals surface area (Å²) in [5.74, 6) is -0.204. The lowest BCUT2D eigenvalue weighted by atomic mass is 9.82. The van der Waals surface area contributed by atoms with E-state index in [0.29, 0.717) is 18.1 Å². The van der Waals surface area contributed by atoms with E-state index in [2.05, 4.69) is 24.1 Å². The van der Waals surface area contributed by atoms with Crippen LogP contribution in [0.1, 0.15) is 26.7 Å². The molecule has 3 nitrogen and oxygen atoms in total. The second kappa shape index (κ2) is 6.17. The molecular weight excluding hydrogens is 241 g/mol. The van der Waals surface area contributed by atoms with Crippen molar-refractivity contribution in [2.45, 2.75) is 26.7 Å². The standard InChI is InChI=1S/C12H19ClFN3/c1-3-12(4-2,7-15)8-17-11-10(14)5-9(13)6-16-11/h5-6H,3-4,7-8,15H2,1-2H3,(H,16,17). The molecule has 1 aromatic rings. The fourth-order valence-corrected chi connectivity index (χ4v) is 1.82. The van der Waals surface area contributed by atoms with Crippen molar-refractivity contribution in [1.29, 1.82) is 0 Å². The van der Waals surface area contributed by atoms with Gasteiger partial charge in [-0.2, -0.15) is 0 Å². The zero-order chi connectivity index (χ0) is 12.9.